The van der Waals surface area contributed by atoms with Crippen molar-refractivity contribution in [2.45, 2.75) is 20.0 Å². The van der Waals surface area contributed by atoms with Crippen LogP contribution in [0.25, 0.3) is 0 Å². The summed E-state index contributed by atoms with van der Waals surface area (Å²) in [6.07, 6.45) is 0.981. The van der Waals surface area contributed by atoms with Crippen LogP contribution in [0.3, 0.4) is 0 Å². The van der Waals surface area contributed by atoms with Crippen molar-refractivity contribution in [3.63, 3.8) is 0 Å². The van der Waals surface area contributed by atoms with Gasteiger partial charge in [-0.1, -0.05) is 0 Å². The van der Waals surface area contributed by atoms with Gasteiger partial charge in [-0.05, 0) is 26.0 Å². The maximum absolute atomic E-state index is 13.4. The first-order valence-electron chi connectivity index (χ1n) is 6.84. The van der Waals surface area contributed by atoms with Crippen molar-refractivity contribution in [3.05, 3.63) is 35.8 Å². The fourth-order valence-corrected chi connectivity index (χ4v) is 2.01. The Morgan fingerprint density at radius 1 is 1.36 bits per heavy atom. The van der Waals surface area contributed by atoms with Crippen molar-refractivity contribution in [2.24, 2.45) is 0 Å². The molecule has 0 aromatic heterocycles. The van der Waals surface area contributed by atoms with Gasteiger partial charge >= 0.3 is 0 Å². The Kier molecular flexibility index (Phi) is 4.77. The molecule has 0 fully saturated rings. The summed E-state index contributed by atoms with van der Waals surface area (Å²) in [6.45, 7) is 3.23. The Morgan fingerprint density at radius 3 is 2.73 bits per heavy atom. The van der Waals surface area contributed by atoms with Crippen molar-refractivity contribution in [3.8, 4) is 5.75 Å². The number of nitrogens with one attached hydrogen (secondary N) is 1. The minimum atomic E-state index is -0.571. The van der Waals surface area contributed by atoms with Crippen molar-refractivity contribution in [2.75, 3.05) is 18.5 Å². The van der Waals surface area contributed by atoms with Gasteiger partial charge in [0.2, 0.25) is 0 Å². The van der Waals surface area contributed by atoms with Crippen LogP contribution in [-0.2, 0) is 9.59 Å². The molecule has 2 N–H and O–H groups in total. The predicted octanol–water partition coefficient (Wildman–Crippen LogP) is 1.27. The van der Waals surface area contributed by atoms with Crippen molar-refractivity contribution >= 4 is 17.5 Å². The number of hydrogen-bond acceptors (Lipinski definition) is 5. The molecule has 1 aliphatic heterocycles. The summed E-state index contributed by atoms with van der Waals surface area (Å²) in [5, 5.41) is 11.6. The minimum absolute atomic E-state index is 0.0117. The van der Waals surface area contributed by atoms with Gasteiger partial charge in [0.15, 0.2) is 0 Å². The predicted molar refractivity (Wildman–Crippen MR) is 77.7 cm³/mol. The van der Waals surface area contributed by atoms with Crippen molar-refractivity contribution in [1.29, 1.82) is 0 Å². The van der Waals surface area contributed by atoms with E-state index in [1.54, 1.807) is 0 Å². The van der Waals surface area contributed by atoms with E-state index in [0.29, 0.717) is 5.75 Å². The largest absolute Gasteiger partial charge is 0.489 e. The average Bonchev–Trinajstić information content (AvgIpc) is 2.69. The number of amides is 2. The molecule has 2 amide bonds. The molecule has 0 atom stereocenters. The van der Waals surface area contributed by atoms with E-state index in [1.807, 2.05) is 13.8 Å². The normalized spacial score (nSPS) is 14.6. The van der Waals surface area contributed by atoms with Gasteiger partial charge in [0, 0.05) is 12.1 Å². The number of hydrogen-bond donors (Lipinski definition) is 2. The average molecular weight is 308 g/mol. The zero-order valence-electron chi connectivity index (χ0n) is 12.3. The highest BCUT2D eigenvalue weighted by Crippen LogP contribution is 2.29. The highest BCUT2D eigenvalue weighted by Gasteiger charge is 2.31. The third-order valence-electron chi connectivity index (χ3n) is 2.91. The summed E-state index contributed by atoms with van der Waals surface area (Å²) in [6, 6.07) is 3.88. The van der Waals surface area contributed by atoms with E-state index in [2.05, 4.69) is 5.32 Å². The molecular weight excluding hydrogens is 291 g/mol. The number of β-amino-alcohol motifs (C(OH)–C–C–N with tert-alkyl or cyclic N) is 1. The molecule has 118 valence electrons. The number of carbonyl (C=O) groups is 2. The lowest BCUT2D eigenvalue weighted by atomic mass is 10.2. The Morgan fingerprint density at radius 2 is 2.09 bits per heavy atom. The number of rotatable bonds is 6. The number of aliphatic hydroxyl groups excluding tert-OH is 1. The van der Waals surface area contributed by atoms with Crippen LogP contribution in [0, 0.1) is 5.82 Å². The second kappa shape index (κ2) is 6.57. The lowest BCUT2D eigenvalue weighted by Crippen LogP contribution is -2.34. The van der Waals surface area contributed by atoms with E-state index in [-0.39, 0.29) is 30.6 Å². The van der Waals surface area contributed by atoms with Crippen LogP contribution in [0.15, 0.2) is 30.0 Å². The van der Waals surface area contributed by atoms with E-state index in [1.165, 1.54) is 18.2 Å². The molecular formula is C15H17FN2O4. The molecule has 6 nitrogen and oxygen atoms in total. The first-order chi connectivity index (χ1) is 10.4. The number of carbonyl (C=O) groups excluding carboxylic acids is 2. The molecule has 1 aromatic rings. The Balaban J connectivity index is 2.24. The van der Waals surface area contributed by atoms with Crippen LogP contribution in [0.5, 0.6) is 5.75 Å². The molecule has 0 spiro atoms. The molecule has 1 aliphatic rings. The van der Waals surface area contributed by atoms with Gasteiger partial charge in [-0.25, -0.2) is 4.39 Å². The molecule has 2 rings (SSSR count). The van der Waals surface area contributed by atoms with Crippen molar-refractivity contribution in [1.82, 2.24) is 4.90 Å². The number of aliphatic hydroxyl groups is 1. The number of ether oxygens (including phenoxy) is 1. The maximum atomic E-state index is 13.4. The number of imide groups is 1. The summed E-state index contributed by atoms with van der Waals surface area (Å²) >= 11 is 0. The number of nitrogens with zero attached hydrogens (tertiary/aromatic N) is 1. The van der Waals surface area contributed by atoms with Crippen LogP contribution < -0.4 is 10.1 Å². The number of anilines is 1. The van der Waals surface area contributed by atoms with Crippen LogP contribution in [-0.4, -0.2) is 41.1 Å². The fourth-order valence-electron chi connectivity index (χ4n) is 2.01. The van der Waals surface area contributed by atoms with Crippen LogP contribution in [0.4, 0.5) is 10.1 Å². The molecule has 22 heavy (non-hydrogen) atoms. The van der Waals surface area contributed by atoms with E-state index in [0.717, 1.165) is 11.0 Å². The smallest absolute Gasteiger partial charge is 0.277 e. The Labute approximate surface area is 127 Å². The van der Waals surface area contributed by atoms with E-state index in [9.17, 15) is 14.0 Å². The molecule has 7 heteroatoms. The van der Waals surface area contributed by atoms with Gasteiger partial charge in [0.25, 0.3) is 11.8 Å². The summed E-state index contributed by atoms with van der Waals surface area (Å²) in [5.74, 6) is -1.22. The lowest BCUT2D eigenvalue weighted by molar-refractivity contribution is -0.137. The van der Waals surface area contributed by atoms with Crippen LogP contribution >= 0.6 is 0 Å². The second-order valence-corrected chi connectivity index (χ2v) is 5.01. The van der Waals surface area contributed by atoms with E-state index < -0.39 is 17.6 Å². The zero-order valence-corrected chi connectivity index (χ0v) is 12.3. The first-order valence-corrected chi connectivity index (χ1v) is 6.84. The SMILES string of the molecule is CC(C)Oc1ccc(F)cc1NC1=CC(=O)N(CCO)C1=O. The maximum Gasteiger partial charge on any atom is 0.277 e. The van der Waals surface area contributed by atoms with Crippen LogP contribution in [0.1, 0.15) is 13.8 Å². The molecule has 0 unspecified atom stereocenters. The molecule has 0 bridgehead atoms. The molecule has 0 saturated heterocycles. The third-order valence-corrected chi connectivity index (χ3v) is 2.91. The molecule has 1 aromatic carbocycles. The molecule has 0 radical (unpaired) electrons. The quantitative estimate of drug-likeness (QED) is 0.774. The van der Waals surface area contributed by atoms with E-state index >= 15 is 0 Å². The summed E-state index contributed by atoms with van der Waals surface area (Å²) in [4.78, 5) is 24.6. The van der Waals surface area contributed by atoms with Crippen LogP contribution in [0.2, 0.25) is 0 Å². The van der Waals surface area contributed by atoms with Gasteiger partial charge in [-0.2, -0.15) is 0 Å². The van der Waals surface area contributed by atoms with Gasteiger partial charge in [0.1, 0.15) is 17.3 Å². The summed E-state index contributed by atoms with van der Waals surface area (Å²) in [7, 11) is 0. The van der Waals surface area contributed by atoms with Gasteiger partial charge in [-0.15, -0.1) is 0 Å². The second-order valence-electron chi connectivity index (χ2n) is 5.01. The minimum Gasteiger partial charge on any atom is -0.489 e. The Bertz CT molecular complexity index is 628. The van der Waals surface area contributed by atoms with Gasteiger partial charge in [-0.3, -0.25) is 14.5 Å². The summed E-state index contributed by atoms with van der Waals surface area (Å²) < 4.78 is 19.0. The number of halogens is 1. The van der Waals surface area contributed by atoms with Gasteiger partial charge in [0.05, 0.1) is 24.9 Å². The fraction of sp³-hybridized carbons (Fsp3) is 0.333. The highest BCUT2D eigenvalue weighted by molar-refractivity contribution is 6.17. The zero-order chi connectivity index (χ0) is 16.3. The highest BCUT2D eigenvalue weighted by atomic mass is 19.1. The van der Waals surface area contributed by atoms with Gasteiger partial charge < -0.3 is 15.2 Å². The standard InChI is InChI=1S/C15H17FN2O4/c1-9(2)22-13-4-3-10(16)7-11(13)17-12-8-14(20)18(5-6-19)15(12)21/h3-4,7-9,17,19H,5-6H2,1-2H3. The monoisotopic (exact) mass is 308 g/mol. The first kappa shape index (κ1) is 16.0. The molecule has 0 saturated carbocycles. The van der Waals surface area contributed by atoms with Crippen molar-refractivity contribution < 1.29 is 23.8 Å². The summed E-state index contributed by atoms with van der Waals surface area (Å²) in [5.41, 5.74) is 0.268. The third kappa shape index (κ3) is 3.43. The molecule has 0 aliphatic carbocycles. The Hall–Kier alpha value is -2.41. The lowest BCUT2D eigenvalue weighted by Gasteiger charge is -2.17. The number of benzene rings is 1. The molecule has 1 heterocycles. The van der Waals surface area contributed by atoms with E-state index in [4.69, 9.17) is 9.84 Å². The topological polar surface area (TPSA) is 78.9 Å².